The molecular weight excluding hydrogens is 296 g/mol. The van der Waals surface area contributed by atoms with Gasteiger partial charge >= 0.3 is 5.97 Å². The first-order valence-electron chi connectivity index (χ1n) is 6.79. The molecule has 22 heavy (non-hydrogen) atoms. The topological polar surface area (TPSA) is 177 Å². The van der Waals surface area contributed by atoms with Crippen LogP contribution in [0.5, 0.6) is 0 Å². The van der Waals surface area contributed by atoms with E-state index in [0.717, 1.165) is 0 Å². The third-order valence-electron chi connectivity index (χ3n) is 3.06. The van der Waals surface area contributed by atoms with Crippen molar-refractivity contribution in [1.82, 2.24) is 10.6 Å². The number of nitrogens with two attached hydrogens (primary N) is 2. The lowest BCUT2D eigenvalue weighted by Crippen LogP contribution is -2.53. The van der Waals surface area contributed by atoms with Crippen molar-refractivity contribution in [1.29, 1.82) is 0 Å². The van der Waals surface area contributed by atoms with E-state index in [4.69, 9.17) is 21.3 Å². The highest BCUT2D eigenvalue weighted by molar-refractivity contribution is 5.94. The summed E-state index contributed by atoms with van der Waals surface area (Å²) in [5.74, 6) is -3.36. The molecule has 1 fully saturated rings. The lowest BCUT2D eigenvalue weighted by Gasteiger charge is -2.17. The Bertz CT molecular complexity index is 469. The first kappa shape index (κ1) is 17.9. The van der Waals surface area contributed by atoms with Crippen molar-refractivity contribution in [2.24, 2.45) is 11.5 Å². The molecule has 0 bridgehead atoms. The number of carboxylic acid groups (broad SMARTS) is 1. The predicted octanol–water partition coefficient (Wildman–Crippen LogP) is -2.95. The molecule has 0 aromatic rings. The molecule has 0 aromatic carbocycles. The van der Waals surface area contributed by atoms with Gasteiger partial charge in [0, 0.05) is 6.54 Å². The van der Waals surface area contributed by atoms with Gasteiger partial charge in [0.2, 0.25) is 11.8 Å². The second kappa shape index (κ2) is 7.71. The number of carbonyl (C=O) groups is 4. The van der Waals surface area contributed by atoms with E-state index in [1.54, 1.807) is 0 Å². The number of aliphatic carboxylic acids is 1. The molecular formula is C12H20N4O6. The fourth-order valence-electron chi connectivity index (χ4n) is 1.75. The number of nitrogens with one attached hydrogen (secondary N) is 2. The normalized spacial score (nSPS) is 22.3. The summed E-state index contributed by atoms with van der Waals surface area (Å²) in [7, 11) is 0. The van der Waals surface area contributed by atoms with E-state index in [1.807, 2.05) is 6.92 Å². The molecule has 10 heteroatoms. The van der Waals surface area contributed by atoms with Crippen molar-refractivity contribution in [2.75, 3.05) is 6.54 Å². The Kier molecular flexibility index (Phi) is 6.25. The first-order chi connectivity index (χ1) is 10.3. The van der Waals surface area contributed by atoms with Gasteiger partial charge in [-0.3, -0.25) is 14.4 Å². The zero-order valence-corrected chi connectivity index (χ0v) is 12.1. The van der Waals surface area contributed by atoms with E-state index in [1.165, 1.54) is 0 Å². The number of primary amides is 1. The molecule has 0 aromatic heterocycles. The molecule has 124 valence electrons. The van der Waals surface area contributed by atoms with Crippen molar-refractivity contribution in [3.05, 3.63) is 0 Å². The zero-order chi connectivity index (χ0) is 16.9. The van der Waals surface area contributed by atoms with Gasteiger partial charge in [-0.2, -0.15) is 0 Å². The predicted molar refractivity (Wildman–Crippen MR) is 73.3 cm³/mol. The van der Waals surface area contributed by atoms with Crippen LogP contribution < -0.4 is 22.1 Å². The van der Waals surface area contributed by atoms with Crippen LogP contribution in [0.2, 0.25) is 0 Å². The third-order valence-corrected chi connectivity index (χ3v) is 3.06. The Morgan fingerprint density at radius 2 is 1.91 bits per heavy atom. The lowest BCUT2D eigenvalue weighted by atomic mass is 10.1. The highest BCUT2D eigenvalue weighted by Crippen LogP contribution is 2.21. The Labute approximate surface area is 126 Å². The van der Waals surface area contributed by atoms with Crippen molar-refractivity contribution < 1.29 is 29.0 Å². The lowest BCUT2D eigenvalue weighted by molar-refractivity contribution is -0.142. The van der Waals surface area contributed by atoms with Crippen LogP contribution in [0, 0.1) is 0 Å². The molecule has 0 spiro atoms. The van der Waals surface area contributed by atoms with Gasteiger partial charge in [-0.1, -0.05) is 13.3 Å². The van der Waals surface area contributed by atoms with Crippen LogP contribution in [0.3, 0.4) is 0 Å². The monoisotopic (exact) mass is 316 g/mol. The molecule has 1 heterocycles. The number of hydrogen-bond acceptors (Lipinski definition) is 6. The number of rotatable bonds is 9. The molecule has 10 nitrogen and oxygen atoms in total. The van der Waals surface area contributed by atoms with Crippen LogP contribution in [0.4, 0.5) is 0 Å². The average molecular weight is 316 g/mol. The maximum atomic E-state index is 11.7. The van der Waals surface area contributed by atoms with Gasteiger partial charge in [0.1, 0.15) is 6.04 Å². The van der Waals surface area contributed by atoms with Crippen molar-refractivity contribution in [3.63, 3.8) is 0 Å². The first-order valence-corrected chi connectivity index (χ1v) is 6.79. The molecule has 1 aliphatic heterocycles. The molecule has 4 atom stereocenters. The van der Waals surface area contributed by atoms with Gasteiger partial charge < -0.3 is 31.9 Å². The van der Waals surface area contributed by atoms with Crippen LogP contribution in [-0.2, 0) is 23.9 Å². The summed E-state index contributed by atoms with van der Waals surface area (Å²) in [6, 6.07) is -2.14. The van der Waals surface area contributed by atoms with Gasteiger partial charge in [-0.25, -0.2) is 4.79 Å². The minimum atomic E-state index is -1.33. The van der Waals surface area contributed by atoms with Crippen molar-refractivity contribution >= 4 is 23.7 Å². The Morgan fingerprint density at radius 3 is 2.36 bits per heavy atom. The molecule has 1 saturated heterocycles. The van der Waals surface area contributed by atoms with Gasteiger partial charge in [-0.05, 0) is 6.42 Å². The third kappa shape index (κ3) is 4.97. The smallest absolute Gasteiger partial charge is 0.328 e. The summed E-state index contributed by atoms with van der Waals surface area (Å²) in [4.78, 5) is 45.1. The molecule has 0 unspecified atom stereocenters. The van der Waals surface area contributed by atoms with E-state index in [0.29, 0.717) is 12.8 Å². The number of hydrogen-bond donors (Lipinski definition) is 5. The average Bonchev–Trinajstić information content (AvgIpc) is 3.23. The Balaban J connectivity index is 2.45. The molecule has 0 saturated carbocycles. The highest BCUT2D eigenvalue weighted by Gasteiger charge is 2.49. The molecule has 0 radical (unpaired) electrons. The van der Waals surface area contributed by atoms with Crippen LogP contribution in [0.25, 0.3) is 0 Å². The molecule has 7 N–H and O–H groups in total. The summed E-state index contributed by atoms with van der Waals surface area (Å²) >= 11 is 0. The fraction of sp³-hybridized carbons (Fsp3) is 0.667. The number of carbonyl (C=O) groups excluding carboxylic acids is 3. The van der Waals surface area contributed by atoms with E-state index >= 15 is 0 Å². The number of amides is 3. The maximum Gasteiger partial charge on any atom is 0.328 e. The molecule has 1 aliphatic rings. The minimum absolute atomic E-state index is 0.357. The Morgan fingerprint density at radius 1 is 1.27 bits per heavy atom. The summed E-state index contributed by atoms with van der Waals surface area (Å²) in [5, 5.41) is 13.5. The van der Waals surface area contributed by atoms with Crippen LogP contribution in [0.15, 0.2) is 0 Å². The second-order valence-corrected chi connectivity index (χ2v) is 4.92. The van der Waals surface area contributed by atoms with Crippen molar-refractivity contribution in [3.8, 4) is 0 Å². The quantitative estimate of drug-likeness (QED) is 0.282. The molecule has 3 amide bonds. The molecule has 1 rings (SSSR count). The number of ether oxygens (including phenoxy) is 1. The Hall–Kier alpha value is -2.20. The maximum absolute atomic E-state index is 11.7. The SMILES string of the molecule is CCC[C@H](N)C(=O)N[C@@H](CNC(=O)[C@H]1O[C@@H]1C(N)=O)C(=O)O. The largest absolute Gasteiger partial charge is 0.480 e. The number of carboxylic acids is 1. The highest BCUT2D eigenvalue weighted by atomic mass is 16.6. The summed E-state index contributed by atoms with van der Waals surface area (Å²) < 4.78 is 4.74. The van der Waals surface area contributed by atoms with Gasteiger partial charge in [0.25, 0.3) is 5.91 Å². The second-order valence-electron chi connectivity index (χ2n) is 4.92. The van der Waals surface area contributed by atoms with Crippen LogP contribution >= 0.6 is 0 Å². The van der Waals surface area contributed by atoms with E-state index < -0.39 is 48.0 Å². The zero-order valence-electron chi connectivity index (χ0n) is 12.1. The van der Waals surface area contributed by atoms with Crippen molar-refractivity contribution in [2.45, 2.75) is 44.1 Å². The van der Waals surface area contributed by atoms with Gasteiger partial charge in [0.05, 0.1) is 6.04 Å². The van der Waals surface area contributed by atoms with E-state index in [-0.39, 0.29) is 6.54 Å². The van der Waals surface area contributed by atoms with Gasteiger partial charge in [-0.15, -0.1) is 0 Å². The fourth-order valence-corrected chi connectivity index (χ4v) is 1.75. The van der Waals surface area contributed by atoms with Crippen LogP contribution in [0.1, 0.15) is 19.8 Å². The summed E-state index contributed by atoms with van der Waals surface area (Å²) in [6.45, 7) is 1.48. The summed E-state index contributed by atoms with van der Waals surface area (Å²) in [6.07, 6.45) is -0.905. The molecule has 0 aliphatic carbocycles. The van der Waals surface area contributed by atoms with E-state index in [9.17, 15) is 19.2 Å². The van der Waals surface area contributed by atoms with E-state index in [2.05, 4.69) is 10.6 Å². The van der Waals surface area contributed by atoms with Crippen LogP contribution in [-0.4, -0.2) is 59.6 Å². The standard InChI is InChI=1S/C12H20N4O6/c1-2-3-5(13)10(18)16-6(12(20)21)4-15-11(19)8-7(22-8)9(14)17/h5-8H,2-4,13H2,1H3,(H2,14,17)(H,15,19)(H,16,18)(H,20,21)/t5-,6-,7-,8-/m0/s1. The number of epoxide rings is 1. The minimum Gasteiger partial charge on any atom is -0.480 e. The summed E-state index contributed by atoms with van der Waals surface area (Å²) in [5.41, 5.74) is 10.5. The van der Waals surface area contributed by atoms with Gasteiger partial charge in [0.15, 0.2) is 12.2 Å².